The van der Waals surface area contributed by atoms with E-state index < -0.39 is 0 Å². The first-order valence-electron chi connectivity index (χ1n) is 7.74. The van der Waals surface area contributed by atoms with Crippen molar-refractivity contribution in [3.05, 3.63) is 15.6 Å². The van der Waals surface area contributed by atoms with Crippen LogP contribution in [0.15, 0.2) is 0 Å². The first-order chi connectivity index (χ1) is 9.47. The fraction of sp³-hybridized carbons (Fsp3) is 0.750. The number of rotatable bonds is 4. The first kappa shape index (κ1) is 15.5. The van der Waals surface area contributed by atoms with E-state index in [1.54, 1.807) is 11.3 Å². The molecule has 1 saturated carbocycles. The third-order valence-electron chi connectivity index (χ3n) is 4.06. The Kier molecular flexibility index (Phi) is 5.19. The van der Waals surface area contributed by atoms with Crippen LogP contribution in [0.4, 0.5) is 0 Å². The van der Waals surface area contributed by atoms with Gasteiger partial charge < -0.3 is 5.32 Å². The van der Waals surface area contributed by atoms with Gasteiger partial charge in [-0.15, -0.1) is 11.3 Å². The Morgan fingerprint density at radius 2 is 2.10 bits per heavy atom. The van der Waals surface area contributed by atoms with Crippen molar-refractivity contribution >= 4 is 17.2 Å². The quantitative estimate of drug-likeness (QED) is 0.913. The Labute approximate surface area is 126 Å². The summed E-state index contributed by atoms with van der Waals surface area (Å²) in [5.74, 6) is 1.25. The molecule has 1 aromatic heterocycles. The van der Waals surface area contributed by atoms with Gasteiger partial charge in [0, 0.05) is 12.5 Å². The zero-order valence-corrected chi connectivity index (χ0v) is 13.8. The van der Waals surface area contributed by atoms with Crippen LogP contribution in [0.2, 0.25) is 0 Å². The summed E-state index contributed by atoms with van der Waals surface area (Å²) < 4.78 is 0. The van der Waals surface area contributed by atoms with Gasteiger partial charge in [0.15, 0.2) is 0 Å². The molecule has 0 aliphatic heterocycles. The largest absolute Gasteiger partial charge is 0.348 e. The maximum Gasteiger partial charge on any atom is 0.263 e. The van der Waals surface area contributed by atoms with Crippen LogP contribution in [-0.2, 0) is 6.42 Å². The molecule has 2 atom stereocenters. The smallest absolute Gasteiger partial charge is 0.263 e. The highest BCUT2D eigenvalue weighted by molar-refractivity contribution is 7.13. The normalized spacial score (nSPS) is 23.1. The van der Waals surface area contributed by atoms with Crippen molar-refractivity contribution in [1.29, 1.82) is 0 Å². The summed E-state index contributed by atoms with van der Waals surface area (Å²) in [6, 6.07) is 0.339. The maximum absolute atomic E-state index is 12.4. The second-order valence-electron chi connectivity index (χ2n) is 6.46. The number of nitrogens with one attached hydrogen (secondary N) is 1. The standard InChI is InChI=1S/C16H26N2OS/c1-10(2)9-14-17-12(4)15(20-14)16(19)18-13-8-6-5-7-11(13)3/h10-11,13H,5-9H2,1-4H3,(H,18,19). The molecule has 0 saturated heterocycles. The Morgan fingerprint density at radius 1 is 1.40 bits per heavy atom. The van der Waals surface area contributed by atoms with E-state index in [0.29, 0.717) is 17.9 Å². The number of thiazole rings is 1. The fourth-order valence-electron chi connectivity index (χ4n) is 2.86. The second kappa shape index (κ2) is 6.70. The van der Waals surface area contributed by atoms with Gasteiger partial charge in [0.1, 0.15) is 4.88 Å². The van der Waals surface area contributed by atoms with Crippen LogP contribution in [0.25, 0.3) is 0 Å². The molecule has 1 heterocycles. The summed E-state index contributed by atoms with van der Waals surface area (Å²) in [5, 5.41) is 4.31. The van der Waals surface area contributed by atoms with Crippen LogP contribution < -0.4 is 5.32 Å². The lowest BCUT2D eigenvalue weighted by Crippen LogP contribution is -2.40. The number of hydrogen-bond donors (Lipinski definition) is 1. The summed E-state index contributed by atoms with van der Waals surface area (Å²) >= 11 is 1.56. The van der Waals surface area contributed by atoms with Gasteiger partial charge in [-0.1, -0.05) is 33.6 Å². The SMILES string of the molecule is Cc1nc(CC(C)C)sc1C(=O)NC1CCCCC1C. The van der Waals surface area contributed by atoms with Crippen molar-refractivity contribution in [3.8, 4) is 0 Å². The highest BCUT2D eigenvalue weighted by atomic mass is 32.1. The molecule has 2 unspecified atom stereocenters. The van der Waals surface area contributed by atoms with Crippen LogP contribution in [0.1, 0.15) is 66.8 Å². The number of carbonyl (C=O) groups excluding carboxylic acids is 1. The van der Waals surface area contributed by atoms with Crippen LogP contribution in [-0.4, -0.2) is 16.9 Å². The van der Waals surface area contributed by atoms with E-state index in [9.17, 15) is 4.79 Å². The topological polar surface area (TPSA) is 42.0 Å². The number of hydrogen-bond acceptors (Lipinski definition) is 3. The molecule has 4 heteroatoms. The predicted octanol–water partition coefficient (Wildman–Crippen LogP) is 3.96. The van der Waals surface area contributed by atoms with Crippen molar-refractivity contribution < 1.29 is 4.79 Å². The fourth-order valence-corrected chi connectivity index (χ4v) is 4.04. The van der Waals surface area contributed by atoms with E-state index in [-0.39, 0.29) is 5.91 Å². The summed E-state index contributed by atoms with van der Waals surface area (Å²) in [6.45, 7) is 8.55. The summed E-state index contributed by atoms with van der Waals surface area (Å²) in [6.07, 6.45) is 5.83. The van der Waals surface area contributed by atoms with E-state index in [1.807, 2.05) is 6.92 Å². The number of nitrogens with zero attached hydrogens (tertiary/aromatic N) is 1. The average molecular weight is 294 g/mol. The van der Waals surface area contributed by atoms with Crippen LogP contribution >= 0.6 is 11.3 Å². The van der Waals surface area contributed by atoms with Crippen LogP contribution in [0.5, 0.6) is 0 Å². The van der Waals surface area contributed by atoms with Crippen molar-refractivity contribution in [2.45, 2.75) is 65.8 Å². The van der Waals surface area contributed by atoms with E-state index in [2.05, 4.69) is 31.1 Å². The summed E-state index contributed by atoms with van der Waals surface area (Å²) in [5.41, 5.74) is 0.881. The summed E-state index contributed by atoms with van der Waals surface area (Å²) in [7, 11) is 0. The van der Waals surface area contributed by atoms with E-state index in [4.69, 9.17) is 0 Å². The number of carbonyl (C=O) groups is 1. The molecular weight excluding hydrogens is 268 g/mol. The molecule has 1 aromatic rings. The molecule has 1 N–H and O–H groups in total. The van der Waals surface area contributed by atoms with Crippen molar-refractivity contribution in [1.82, 2.24) is 10.3 Å². The second-order valence-corrected chi connectivity index (χ2v) is 7.55. The summed E-state index contributed by atoms with van der Waals surface area (Å²) in [4.78, 5) is 17.8. The Hall–Kier alpha value is -0.900. The van der Waals surface area contributed by atoms with E-state index >= 15 is 0 Å². The Morgan fingerprint density at radius 3 is 2.75 bits per heavy atom. The lowest BCUT2D eigenvalue weighted by Gasteiger charge is -2.29. The highest BCUT2D eigenvalue weighted by Gasteiger charge is 2.25. The van der Waals surface area contributed by atoms with E-state index in [0.717, 1.165) is 28.4 Å². The molecular formula is C16H26N2OS. The molecule has 3 nitrogen and oxygen atoms in total. The molecule has 112 valence electrons. The van der Waals surface area contributed by atoms with Gasteiger partial charge in [0.05, 0.1) is 10.7 Å². The van der Waals surface area contributed by atoms with Gasteiger partial charge in [0.25, 0.3) is 5.91 Å². The minimum Gasteiger partial charge on any atom is -0.348 e. The van der Waals surface area contributed by atoms with Crippen molar-refractivity contribution in [2.75, 3.05) is 0 Å². The maximum atomic E-state index is 12.4. The average Bonchev–Trinajstić information content (AvgIpc) is 2.72. The van der Waals surface area contributed by atoms with Crippen LogP contribution in [0.3, 0.4) is 0 Å². The lowest BCUT2D eigenvalue weighted by molar-refractivity contribution is 0.0913. The van der Waals surface area contributed by atoms with Gasteiger partial charge in [0.2, 0.25) is 0 Å². The van der Waals surface area contributed by atoms with Crippen molar-refractivity contribution in [2.24, 2.45) is 11.8 Å². The molecule has 1 aliphatic rings. The third kappa shape index (κ3) is 3.81. The van der Waals surface area contributed by atoms with Gasteiger partial charge in [-0.2, -0.15) is 0 Å². The zero-order chi connectivity index (χ0) is 14.7. The first-order valence-corrected chi connectivity index (χ1v) is 8.56. The molecule has 20 heavy (non-hydrogen) atoms. The molecule has 0 bridgehead atoms. The Bertz CT molecular complexity index is 467. The van der Waals surface area contributed by atoms with Crippen molar-refractivity contribution in [3.63, 3.8) is 0 Å². The predicted molar refractivity (Wildman–Crippen MR) is 84.3 cm³/mol. The van der Waals surface area contributed by atoms with Gasteiger partial charge in [-0.05, 0) is 31.6 Å². The minimum atomic E-state index is 0.0776. The number of amides is 1. The molecule has 1 fully saturated rings. The molecule has 0 radical (unpaired) electrons. The van der Waals surface area contributed by atoms with E-state index in [1.165, 1.54) is 19.3 Å². The monoisotopic (exact) mass is 294 g/mol. The lowest BCUT2D eigenvalue weighted by atomic mass is 9.86. The van der Waals surface area contributed by atoms with Gasteiger partial charge in [-0.25, -0.2) is 4.98 Å². The number of aromatic nitrogens is 1. The third-order valence-corrected chi connectivity index (χ3v) is 5.24. The minimum absolute atomic E-state index is 0.0776. The highest BCUT2D eigenvalue weighted by Crippen LogP contribution is 2.25. The van der Waals surface area contributed by atoms with Crippen LogP contribution in [0, 0.1) is 18.8 Å². The van der Waals surface area contributed by atoms with Gasteiger partial charge in [-0.3, -0.25) is 4.79 Å². The molecule has 1 aliphatic carbocycles. The molecule has 1 amide bonds. The molecule has 0 aromatic carbocycles. The Balaban J connectivity index is 2.03. The van der Waals surface area contributed by atoms with Gasteiger partial charge >= 0.3 is 0 Å². The zero-order valence-electron chi connectivity index (χ0n) is 13.0. The molecule has 2 rings (SSSR count). The molecule has 0 spiro atoms. The number of aryl methyl sites for hydroxylation is 1.